The van der Waals surface area contributed by atoms with Gasteiger partial charge in [0.15, 0.2) is 0 Å². The molecule has 0 saturated heterocycles. The van der Waals surface area contributed by atoms with E-state index in [4.69, 9.17) is 5.73 Å². The molecule has 0 bridgehead atoms. The Balaban J connectivity index is 3.41. The van der Waals surface area contributed by atoms with Crippen LogP contribution in [-0.4, -0.2) is 6.18 Å². The Morgan fingerprint density at radius 3 is 2.24 bits per heavy atom. The van der Waals surface area contributed by atoms with Crippen LogP contribution in [0.3, 0.4) is 0 Å². The normalized spacial score (nSPS) is 12.2. The van der Waals surface area contributed by atoms with E-state index in [0.29, 0.717) is 5.56 Å². The third kappa shape index (κ3) is 3.11. The van der Waals surface area contributed by atoms with Gasteiger partial charge in [-0.05, 0) is 35.6 Å². The number of nitrogens with two attached hydrogens (primary N) is 1. The third-order valence-electron chi connectivity index (χ3n) is 2.62. The number of aryl methyl sites for hydroxylation is 1. The van der Waals surface area contributed by atoms with Crippen LogP contribution < -0.4 is 5.73 Å². The number of nitrogen functional groups attached to an aromatic ring is 1. The zero-order valence-corrected chi connectivity index (χ0v) is 9.95. The van der Waals surface area contributed by atoms with Crippen molar-refractivity contribution in [3.8, 4) is 0 Å². The minimum absolute atomic E-state index is 0.000741. The molecule has 0 aromatic heterocycles. The molecule has 1 aromatic rings. The van der Waals surface area contributed by atoms with Crippen molar-refractivity contribution in [3.05, 3.63) is 28.6 Å². The van der Waals surface area contributed by atoms with Crippen molar-refractivity contribution < 1.29 is 17.6 Å². The fourth-order valence-corrected chi connectivity index (χ4v) is 1.92. The topological polar surface area (TPSA) is 26.0 Å². The first kappa shape index (κ1) is 13.8. The molecular weight excluding hydrogens is 234 g/mol. The van der Waals surface area contributed by atoms with Crippen molar-refractivity contribution in [2.45, 2.75) is 39.3 Å². The average Bonchev–Trinajstić information content (AvgIpc) is 2.11. The fraction of sp³-hybridized carbons (Fsp3) is 0.500. The largest absolute Gasteiger partial charge is 0.396 e. The van der Waals surface area contributed by atoms with E-state index in [1.54, 1.807) is 13.8 Å². The van der Waals surface area contributed by atoms with Gasteiger partial charge in [0, 0.05) is 0 Å². The molecule has 1 rings (SSSR count). The zero-order valence-electron chi connectivity index (χ0n) is 9.95. The molecule has 2 N–H and O–H groups in total. The highest BCUT2D eigenvalue weighted by atomic mass is 19.4. The lowest BCUT2D eigenvalue weighted by atomic mass is 9.90. The van der Waals surface area contributed by atoms with Crippen molar-refractivity contribution >= 4 is 5.69 Å². The minimum atomic E-state index is -4.35. The van der Waals surface area contributed by atoms with E-state index < -0.39 is 18.4 Å². The van der Waals surface area contributed by atoms with Gasteiger partial charge in [-0.1, -0.05) is 13.8 Å². The van der Waals surface area contributed by atoms with Crippen LogP contribution in [-0.2, 0) is 6.42 Å². The highest BCUT2D eigenvalue weighted by molar-refractivity contribution is 5.52. The van der Waals surface area contributed by atoms with E-state index in [0.717, 1.165) is 0 Å². The molecule has 17 heavy (non-hydrogen) atoms. The summed E-state index contributed by atoms with van der Waals surface area (Å²) in [5.41, 5.74) is 5.78. The van der Waals surface area contributed by atoms with Gasteiger partial charge in [0.25, 0.3) is 0 Å². The summed E-state index contributed by atoms with van der Waals surface area (Å²) in [4.78, 5) is 0. The molecule has 0 heterocycles. The first-order valence-electron chi connectivity index (χ1n) is 5.27. The van der Waals surface area contributed by atoms with Crippen molar-refractivity contribution in [2.75, 3.05) is 5.73 Å². The maximum absolute atomic E-state index is 13.8. The molecule has 0 fully saturated rings. The number of hydrogen-bond acceptors (Lipinski definition) is 1. The predicted molar refractivity (Wildman–Crippen MR) is 59.4 cm³/mol. The van der Waals surface area contributed by atoms with Gasteiger partial charge in [0.05, 0.1) is 12.1 Å². The Morgan fingerprint density at radius 2 is 1.82 bits per heavy atom. The molecular formula is C12H15F4N. The molecule has 0 amide bonds. The highest BCUT2D eigenvalue weighted by Gasteiger charge is 2.31. The molecule has 0 aliphatic heterocycles. The van der Waals surface area contributed by atoms with Gasteiger partial charge in [-0.2, -0.15) is 13.2 Å². The van der Waals surface area contributed by atoms with Gasteiger partial charge in [-0.25, -0.2) is 4.39 Å². The maximum Gasteiger partial charge on any atom is 0.393 e. The Bertz CT molecular complexity index is 421. The second-order valence-corrected chi connectivity index (χ2v) is 4.44. The SMILES string of the molecule is Cc1cc(N)c(F)c(C(C)C)c1CC(F)(F)F. The van der Waals surface area contributed by atoms with Gasteiger partial charge in [0.1, 0.15) is 5.82 Å². The van der Waals surface area contributed by atoms with E-state index in [2.05, 4.69) is 0 Å². The second-order valence-electron chi connectivity index (χ2n) is 4.44. The van der Waals surface area contributed by atoms with Crippen molar-refractivity contribution in [1.82, 2.24) is 0 Å². The van der Waals surface area contributed by atoms with E-state index >= 15 is 0 Å². The van der Waals surface area contributed by atoms with Crippen molar-refractivity contribution in [1.29, 1.82) is 0 Å². The van der Waals surface area contributed by atoms with Crippen LogP contribution in [0.5, 0.6) is 0 Å². The standard InChI is InChI=1S/C12H15F4N/c1-6(2)10-8(5-12(14,15)16)7(3)4-9(17)11(10)13/h4,6H,5,17H2,1-3H3. The van der Waals surface area contributed by atoms with E-state index in [1.165, 1.54) is 13.0 Å². The van der Waals surface area contributed by atoms with Gasteiger partial charge in [-0.15, -0.1) is 0 Å². The lowest BCUT2D eigenvalue weighted by Crippen LogP contribution is -2.16. The summed E-state index contributed by atoms with van der Waals surface area (Å²) in [6, 6.07) is 1.25. The Labute approximate surface area is 97.6 Å². The number of halogens is 4. The lowest BCUT2D eigenvalue weighted by molar-refractivity contribution is -0.127. The summed E-state index contributed by atoms with van der Waals surface area (Å²) >= 11 is 0. The summed E-state index contributed by atoms with van der Waals surface area (Å²) < 4.78 is 51.1. The molecule has 0 atom stereocenters. The number of anilines is 1. The third-order valence-corrected chi connectivity index (χ3v) is 2.62. The summed E-state index contributed by atoms with van der Waals surface area (Å²) in [5.74, 6) is -1.07. The van der Waals surface area contributed by atoms with Crippen LogP contribution >= 0.6 is 0 Å². The van der Waals surface area contributed by atoms with Crippen LogP contribution in [0.2, 0.25) is 0 Å². The molecule has 0 radical (unpaired) electrons. The van der Waals surface area contributed by atoms with Crippen LogP contribution in [0.4, 0.5) is 23.2 Å². The molecule has 0 spiro atoms. The van der Waals surface area contributed by atoms with Gasteiger partial charge in [-0.3, -0.25) is 0 Å². The number of benzene rings is 1. The molecule has 0 aliphatic carbocycles. The van der Waals surface area contributed by atoms with Crippen LogP contribution in [0.25, 0.3) is 0 Å². The Kier molecular flexibility index (Phi) is 3.69. The summed E-state index contributed by atoms with van der Waals surface area (Å²) in [5, 5.41) is 0. The summed E-state index contributed by atoms with van der Waals surface area (Å²) in [6.07, 6.45) is -5.47. The van der Waals surface area contributed by atoms with E-state index in [-0.39, 0.29) is 22.7 Å². The first-order valence-corrected chi connectivity index (χ1v) is 5.27. The molecule has 0 unspecified atom stereocenters. The summed E-state index contributed by atoms with van der Waals surface area (Å²) in [7, 11) is 0. The fourth-order valence-electron chi connectivity index (χ4n) is 1.92. The highest BCUT2D eigenvalue weighted by Crippen LogP contribution is 2.33. The quantitative estimate of drug-likeness (QED) is 0.623. The molecule has 1 nitrogen and oxygen atoms in total. The van der Waals surface area contributed by atoms with Crippen molar-refractivity contribution in [2.24, 2.45) is 0 Å². The van der Waals surface area contributed by atoms with Crippen LogP contribution in [0.1, 0.15) is 36.5 Å². The molecule has 1 aromatic carbocycles. The molecule has 5 heteroatoms. The molecule has 0 saturated carbocycles. The van der Waals surface area contributed by atoms with Crippen molar-refractivity contribution in [3.63, 3.8) is 0 Å². The van der Waals surface area contributed by atoms with Gasteiger partial charge in [0.2, 0.25) is 0 Å². The maximum atomic E-state index is 13.8. The number of hydrogen-bond donors (Lipinski definition) is 1. The van der Waals surface area contributed by atoms with Crippen LogP contribution in [0.15, 0.2) is 6.07 Å². The van der Waals surface area contributed by atoms with Crippen LogP contribution in [0, 0.1) is 12.7 Å². The lowest BCUT2D eigenvalue weighted by Gasteiger charge is -2.19. The average molecular weight is 249 g/mol. The number of alkyl halides is 3. The van der Waals surface area contributed by atoms with E-state index in [1.807, 2.05) is 0 Å². The van der Waals surface area contributed by atoms with E-state index in [9.17, 15) is 17.6 Å². The summed E-state index contributed by atoms with van der Waals surface area (Å²) in [6.45, 7) is 4.82. The minimum Gasteiger partial charge on any atom is -0.396 e. The monoisotopic (exact) mass is 249 g/mol. The first-order chi connectivity index (χ1) is 7.63. The second kappa shape index (κ2) is 4.55. The smallest absolute Gasteiger partial charge is 0.393 e. The van der Waals surface area contributed by atoms with Gasteiger partial charge < -0.3 is 5.73 Å². The molecule has 0 aliphatic rings. The van der Waals surface area contributed by atoms with Gasteiger partial charge >= 0.3 is 6.18 Å². The predicted octanol–water partition coefficient (Wildman–Crippen LogP) is 3.94. The number of rotatable bonds is 2. The Hall–Kier alpha value is -1.26. The zero-order chi connectivity index (χ0) is 13.4. The molecule has 96 valence electrons. The Morgan fingerprint density at radius 1 is 1.29 bits per heavy atom.